The Hall–Kier alpha value is -1.83. The van der Waals surface area contributed by atoms with Gasteiger partial charge in [-0.3, -0.25) is 4.98 Å². The first-order chi connectivity index (χ1) is 16.3. The molecule has 2 heteroatoms. The lowest BCUT2D eigenvalue weighted by Crippen LogP contribution is -2.20. The van der Waals surface area contributed by atoms with E-state index in [2.05, 4.69) is 50.2 Å². The maximum atomic E-state index is 6.16. The Morgan fingerprint density at radius 3 is 2.06 bits per heavy atom. The minimum Gasteiger partial charge on any atom is -0.493 e. The molecule has 33 heavy (non-hydrogen) atoms. The summed E-state index contributed by atoms with van der Waals surface area (Å²) < 4.78 is 6.16. The Kier molecular flexibility index (Phi) is 11.8. The quantitative estimate of drug-likeness (QED) is 0.253. The van der Waals surface area contributed by atoms with E-state index in [0.717, 1.165) is 36.3 Å². The van der Waals surface area contributed by atoms with Crippen LogP contribution >= 0.6 is 0 Å². The summed E-state index contributed by atoms with van der Waals surface area (Å²) in [5, 5.41) is 0. The van der Waals surface area contributed by atoms with Crippen LogP contribution in [0.15, 0.2) is 42.6 Å². The van der Waals surface area contributed by atoms with E-state index < -0.39 is 0 Å². The molecule has 0 unspecified atom stereocenters. The van der Waals surface area contributed by atoms with Crippen LogP contribution < -0.4 is 4.74 Å². The second-order valence-electron chi connectivity index (χ2n) is 10.3. The molecule has 0 atom stereocenters. The van der Waals surface area contributed by atoms with Crippen LogP contribution in [0.2, 0.25) is 0 Å². The first kappa shape index (κ1) is 25.8. The molecule has 0 spiro atoms. The summed E-state index contributed by atoms with van der Waals surface area (Å²) in [4.78, 5) is 4.70. The zero-order valence-electron chi connectivity index (χ0n) is 21.4. The van der Waals surface area contributed by atoms with Crippen LogP contribution in [-0.2, 0) is 6.42 Å². The van der Waals surface area contributed by atoms with Crippen molar-refractivity contribution in [3.8, 4) is 17.0 Å². The Morgan fingerprint density at radius 1 is 0.727 bits per heavy atom. The molecule has 2 aromatic rings. The van der Waals surface area contributed by atoms with Crippen LogP contribution in [-0.4, -0.2) is 11.6 Å². The van der Waals surface area contributed by atoms with E-state index in [1.807, 2.05) is 6.20 Å². The van der Waals surface area contributed by atoms with Gasteiger partial charge in [-0.2, -0.15) is 0 Å². The third-order valence-corrected chi connectivity index (χ3v) is 7.46. The Morgan fingerprint density at radius 2 is 1.39 bits per heavy atom. The van der Waals surface area contributed by atoms with Gasteiger partial charge >= 0.3 is 0 Å². The molecule has 1 aromatic heterocycles. The summed E-state index contributed by atoms with van der Waals surface area (Å²) in [6.45, 7) is 5.42. The second-order valence-corrected chi connectivity index (χ2v) is 10.3. The lowest BCUT2D eigenvalue weighted by Gasteiger charge is -2.28. The monoisotopic (exact) mass is 449 g/mol. The highest BCUT2D eigenvalue weighted by atomic mass is 16.5. The van der Waals surface area contributed by atoms with Crippen molar-refractivity contribution in [2.75, 3.05) is 6.61 Å². The molecule has 1 fully saturated rings. The van der Waals surface area contributed by atoms with Crippen molar-refractivity contribution in [2.45, 2.75) is 110 Å². The van der Waals surface area contributed by atoms with E-state index in [9.17, 15) is 0 Å². The lowest BCUT2D eigenvalue weighted by molar-refractivity contribution is 0.177. The number of nitrogens with zero attached hydrogens (tertiary/aromatic N) is 1. The van der Waals surface area contributed by atoms with Gasteiger partial charge in [-0.1, -0.05) is 90.5 Å². The van der Waals surface area contributed by atoms with Gasteiger partial charge in [0.1, 0.15) is 5.75 Å². The number of aromatic nitrogens is 1. The van der Waals surface area contributed by atoms with Crippen LogP contribution in [0.25, 0.3) is 11.3 Å². The molecule has 1 heterocycles. The highest BCUT2D eigenvalue weighted by molar-refractivity contribution is 5.60. The first-order valence-electron chi connectivity index (χ1n) is 14.0. The maximum Gasteiger partial charge on any atom is 0.119 e. The minimum absolute atomic E-state index is 0.729. The largest absolute Gasteiger partial charge is 0.493 e. The van der Waals surface area contributed by atoms with Crippen molar-refractivity contribution in [3.63, 3.8) is 0 Å². The van der Waals surface area contributed by atoms with Crippen LogP contribution in [0.1, 0.15) is 109 Å². The molecule has 1 saturated carbocycles. The predicted molar refractivity (Wildman–Crippen MR) is 142 cm³/mol. The van der Waals surface area contributed by atoms with E-state index >= 15 is 0 Å². The molecule has 1 aliphatic rings. The summed E-state index contributed by atoms with van der Waals surface area (Å²) in [6.07, 6.45) is 22.4. The molecular weight excluding hydrogens is 402 g/mol. The molecule has 0 aliphatic heterocycles. The third kappa shape index (κ3) is 9.51. The van der Waals surface area contributed by atoms with Crippen LogP contribution in [0.4, 0.5) is 0 Å². The normalized spacial score (nSPS) is 18.4. The Balaban J connectivity index is 1.35. The zero-order chi connectivity index (χ0) is 23.1. The van der Waals surface area contributed by atoms with Crippen molar-refractivity contribution in [1.82, 2.24) is 4.98 Å². The number of ether oxygens (including phenoxy) is 1. The average Bonchev–Trinajstić information content (AvgIpc) is 2.87. The molecule has 0 bridgehead atoms. The van der Waals surface area contributed by atoms with Gasteiger partial charge in [-0.15, -0.1) is 0 Å². The smallest absolute Gasteiger partial charge is 0.119 e. The average molecular weight is 450 g/mol. The zero-order valence-corrected chi connectivity index (χ0v) is 21.4. The predicted octanol–water partition coefficient (Wildman–Crippen LogP) is 9.42. The molecule has 0 N–H and O–H groups in total. The third-order valence-electron chi connectivity index (χ3n) is 7.46. The van der Waals surface area contributed by atoms with E-state index in [-0.39, 0.29) is 0 Å². The fourth-order valence-electron chi connectivity index (χ4n) is 5.16. The van der Waals surface area contributed by atoms with Gasteiger partial charge in [0.25, 0.3) is 0 Å². The fourth-order valence-corrected chi connectivity index (χ4v) is 5.16. The van der Waals surface area contributed by atoms with Gasteiger partial charge in [-0.25, -0.2) is 0 Å². The summed E-state index contributed by atoms with van der Waals surface area (Å²) in [5.74, 6) is 2.69. The van der Waals surface area contributed by atoms with Crippen molar-refractivity contribution in [2.24, 2.45) is 11.8 Å². The Bertz CT molecular complexity index is 743. The maximum absolute atomic E-state index is 6.16. The van der Waals surface area contributed by atoms with Crippen LogP contribution in [0.5, 0.6) is 5.75 Å². The van der Waals surface area contributed by atoms with E-state index in [4.69, 9.17) is 9.72 Å². The molecule has 0 radical (unpaired) electrons. The highest BCUT2D eigenvalue weighted by Crippen LogP contribution is 2.32. The van der Waals surface area contributed by atoms with E-state index in [0.29, 0.717) is 0 Å². The summed E-state index contributed by atoms with van der Waals surface area (Å²) in [7, 11) is 0. The van der Waals surface area contributed by atoms with E-state index in [1.54, 1.807) is 0 Å². The topological polar surface area (TPSA) is 22.1 Å². The number of aryl methyl sites for hydroxylation is 1. The number of hydrogen-bond acceptors (Lipinski definition) is 2. The molecule has 182 valence electrons. The SMILES string of the molecule is CCCCCCCC1CCC(COc2ccc(-c3ccc(CCCCCC)cn3)cc2)CC1. The van der Waals surface area contributed by atoms with Gasteiger partial charge in [0.05, 0.1) is 12.3 Å². The standard InChI is InChI=1S/C31H47NO/c1-3-5-7-9-11-12-26-14-16-28(17-15-26)25-33-30-21-19-29(20-22-30)31-23-18-27(24-32-31)13-10-8-6-4-2/h18-24,26,28H,3-17,25H2,1-2H3. The molecule has 2 nitrogen and oxygen atoms in total. The van der Waals surface area contributed by atoms with Gasteiger partial charge in [0.15, 0.2) is 0 Å². The van der Waals surface area contributed by atoms with Crippen molar-refractivity contribution >= 4 is 0 Å². The molecule has 1 aliphatic carbocycles. The van der Waals surface area contributed by atoms with Crippen molar-refractivity contribution in [3.05, 3.63) is 48.2 Å². The number of rotatable bonds is 15. The number of unbranched alkanes of at least 4 members (excludes halogenated alkanes) is 7. The van der Waals surface area contributed by atoms with Crippen LogP contribution in [0.3, 0.4) is 0 Å². The summed E-state index contributed by atoms with van der Waals surface area (Å²) in [5.41, 5.74) is 3.56. The van der Waals surface area contributed by atoms with Gasteiger partial charge in [0.2, 0.25) is 0 Å². The van der Waals surface area contributed by atoms with Gasteiger partial charge in [0, 0.05) is 11.8 Å². The second kappa shape index (κ2) is 15.1. The lowest BCUT2D eigenvalue weighted by atomic mass is 9.80. The number of hydrogen-bond donors (Lipinski definition) is 0. The van der Waals surface area contributed by atoms with Crippen molar-refractivity contribution in [1.29, 1.82) is 0 Å². The van der Waals surface area contributed by atoms with Gasteiger partial charge in [-0.05, 0) is 73.4 Å². The molecular formula is C31H47NO. The highest BCUT2D eigenvalue weighted by Gasteiger charge is 2.21. The number of pyridine rings is 1. The Labute approximate surface area is 203 Å². The minimum atomic E-state index is 0.729. The van der Waals surface area contributed by atoms with Gasteiger partial charge < -0.3 is 4.74 Å². The van der Waals surface area contributed by atoms with Crippen LogP contribution in [0, 0.1) is 11.8 Å². The molecule has 3 rings (SSSR count). The summed E-state index contributed by atoms with van der Waals surface area (Å²) >= 11 is 0. The molecule has 0 amide bonds. The summed E-state index contributed by atoms with van der Waals surface area (Å²) in [6, 6.07) is 12.9. The molecule has 1 aromatic carbocycles. The number of benzene rings is 1. The molecule has 0 saturated heterocycles. The van der Waals surface area contributed by atoms with E-state index in [1.165, 1.54) is 101 Å². The first-order valence-corrected chi connectivity index (χ1v) is 14.0. The van der Waals surface area contributed by atoms with Crippen molar-refractivity contribution < 1.29 is 4.74 Å². The fraction of sp³-hybridized carbons (Fsp3) is 0.645.